The van der Waals surface area contributed by atoms with Crippen LogP contribution in [0.3, 0.4) is 0 Å². The number of nitrogens with zero attached hydrogens (tertiary/aromatic N) is 3. The van der Waals surface area contributed by atoms with Crippen molar-refractivity contribution in [3.63, 3.8) is 0 Å². The maximum Gasteiger partial charge on any atom is 0.222 e. The highest BCUT2D eigenvalue weighted by Crippen LogP contribution is 2.17. The first kappa shape index (κ1) is 20.3. The van der Waals surface area contributed by atoms with Crippen molar-refractivity contribution >= 4 is 23.2 Å². The third-order valence-electron chi connectivity index (χ3n) is 4.82. The lowest BCUT2D eigenvalue weighted by atomic mass is 10.1. The van der Waals surface area contributed by atoms with Gasteiger partial charge in [0.05, 0.1) is 12.2 Å². The first-order chi connectivity index (χ1) is 13.5. The number of amides is 1. The molecular formula is C21H29N5OS. The molecule has 1 aliphatic rings. The van der Waals surface area contributed by atoms with Crippen molar-refractivity contribution in [1.29, 1.82) is 0 Å². The van der Waals surface area contributed by atoms with Crippen molar-refractivity contribution in [2.45, 2.75) is 52.2 Å². The van der Waals surface area contributed by atoms with Crippen LogP contribution in [0.5, 0.6) is 0 Å². The molecular weight excluding hydrogens is 370 g/mol. The van der Waals surface area contributed by atoms with Gasteiger partial charge >= 0.3 is 0 Å². The Hall–Kier alpha value is -2.41. The van der Waals surface area contributed by atoms with E-state index in [0.29, 0.717) is 32.0 Å². The number of hydrogen-bond acceptors (Lipinski definition) is 4. The maximum atomic E-state index is 11.7. The summed E-state index contributed by atoms with van der Waals surface area (Å²) in [6.45, 7) is 7.25. The third kappa shape index (κ3) is 5.55. The highest BCUT2D eigenvalue weighted by molar-refractivity contribution is 7.09. The Morgan fingerprint density at radius 3 is 2.54 bits per heavy atom. The number of rotatable bonds is 7. The summed E-state index contributed by atoms with van der Waals surface area (Å²) in [6.07, 6.45) is 1.67. The van der Waals surface area contributed by atoms with E-state index < -0.39 is 0 Å². The molecule has 1 aromatic heterocycles. The molecule has 2 aromatic rings. The minimum atomic E-state index is 0.265. The van der Waals surface area contributed by atoms with Gasteiger partial charge in [-0.2, -0.15) is 0 Å². The Balaban J connectivity index is 1.45. The average Bonchev–Trinajstić information content (AvgIpc) is 3.33. The number of carbonyl (C=O) groups excluding carboxylic acids is 1. The monoisotopic (exact) mass is 399 g/mol. The molecule has 0 bridgehead atoms. The number of benzene rings is 1. The molecule has 0 spiro atoms. The van der Waals surface area contributed by atoms with Crippen LogP contribution in [0.1, 0.15) is 54.4 Å². The molecule has 1 aromatic carbocycles. The van der Waals surface area contributed by atoms with Crippen molar-refractivity contribution in [1.82, 2.24) is 20.5 Å². The fourth-order valence-electron chi connectivity index (χ4n) is 3.09. The SMILES string of the molecule is CN=C(NCc1ccc(CN2CCCC2=O)cc1)NCc1nc(C(C)C)cs1. The van der Waals surface area contributed by atoms with Crippen LogP contribution >= 0.6 is 11.3 Å². The van der Waals surface area contributed by atoms with Crippen LogP contribution in [0.2, 0.25) is 0 Å². The largest absolute Gasteiger partial charge is 0.352 e. The van der Waals surface area contributed by atoms with Gasteiger partial charge in [0.1, 0.15) is 5.01 Å². The molecule has 1 saturated heterocycles. The molecule has 0 aliphatic carbocycles. The van der Waals surface area contributed by atoms with E-state index in [-0.39, 0.29) is 5.91 Å². The third-order valence-corrected chi connectivity index (χ3v) is 5.69. The molecule has 3 rings (SSSR count). The molecule has 0 saturated carbocycles. The van der Waals surface area contributed by atoms with E-state index in [9.17, 15) is 4.79 Å². The van der Waals surface area contributed by atoms with Crippen LogP contribution < -0.4 is 10.6 Å². The second kappa shape index (κ2) is 9.68. The summed E-state index contributed by atoms with van der Waals surface area (Å²) in [5.74, 6) is 1.48. The van der Waals surface area contributed by atoms with Crippen molar-refractivity contribution in [2.75, 3.05) is 13.6 Å². The highest BCUT2D eigenvalue weighted by atomic mass is 32.1. The molecule has 0 atom stereocenters. The number of carbonyl (C=O) groups is 1. The fourth-order valence-corrected chi connectivity index (χ4v) is 3.99. The van der Waals surface area contributed by atoms with E-state index >= 15 is 0 Å². The van der Waals surface area contributed by atoms with Crippen LogP contribution in [-0.4, -0.2) is 35.3 Å². The molecule has 28 heavy (non-hydrogen) atoms. The van der Waals surface area contributed by atoms with Gasteiger partial charge in [-0.15, -0.1) is 11.3 Å². The van der Waals surface area contributed by atoms with Gasteiger partial charge in [0.25, 0.3) is 0 Å². The second-order valence-corrected chi connectivity index (χ2v) is 8.28. The van der Waals surface area contributed by atoms with Gasteiger partial charge in [0.2, 0.25) is 5.91 Å². The zero-order valence-corrected chi connectivity index (χ0v) is 17.7. The van der Waals surface area contributed by atoms with E-state index in [1.807, 2.05) is 4.90 Å². The minimum Gasteiger partial charge on any atom is -0.352 e. The Labute approximate surface area is 171 Å². The Kier molecular flexibility index (Phi) is 7.03. The van der Waals surface area contributed by atoms with Gasteiger partial charge < -0.3 is 15.5 Å². The number of aromatic nitrogens is 1. The summed E-state index contributed by atoms with van der Waals surface area (Å²) in [5, 5.41) is 9.83. The molecule has 2 N–H and O–H groups in total. The zero-order chi connectivity index (χ0) is 19.9. The number of guanidine groups is 1. The van der Waals surface area contributed by atoms with Crippen LogP contribution in [0.4, 0.5) is 0 Å². The Morgan fingerprint density at radius 2 is 1.93 bits per heavy atom. The van der Waals surface area contributed by atoms with Crippen LogP contribution in [-0.2, 0) is 24.4 Å². The lowest BCUT2D eigenvalue weighted by Crippen LogP contribution is -2.36. The van der Waals surface area contributed by atoms with Gasteiger partial charge in [-0.3, -0.25) is 9.79 Å². The van der Waals surface area contributed by atoms with E-state index in [0.717, 1.165) is 29.6 Å². The summed E-state index contributed by atoms with van der Waals surface area (Å²) in [7, 11) is 1.77. The number of likely N-dealkylation sites (tertiary alicyclic amines) is 1. The highest BCUT2D eigenvalue weighted by Gasteiger charge is 2.19. The predicted molar refractivity (Wildman–Crippen MR) is 114 cm³/mol. The van der Waals surface area contributed by atoms with Crippen molar-refractivity contribution in [2.24, 2.45) is 4.99 Å². The number of aliphatic imine (C=N–C) groups is 1. The maximum absolute atomic E-state index is 11.7. The number of nitrogens with one attached hydrogen (secondary N) is 2. The summed E-state index contributed by atoms with van der Waals surface area (Å²) in [6, 6.07) is 8.40. The van der Waals surface area contributed by atoms with E-state index in [1.165, 1.54) is 11.1 Å². The Morgan fingerprint density at radius 1 is 1.21 bits per heavy atom. The first-order valence-electron chi connectivity index (χ1n) is 9.79. The van der Waals surface area contributed by atoms with Gasteiger partial charge in [-0.05, 0) is 23.5 Å². The zero-order valence-electron chi connectivity index (χ0n) is 16.9. The van der Waals surface area contributed by atoms with Gasteiger partial charge in [-0.1, -0.05) is 38.1 Å². The van der Waals surface area contributed by atoms with Crippen LogP contribution in [0.15, 0.2) is 34.6 Å². The molecule has 1 aliphatic heterocycles. The molecule has 0 unspecified atom stereocenters. The summed E-state index contributed by atoms with van der Waals surface area (Å²) >= 11 is 1.68. The van der Waals surface area contributed by atoms with E-state index in [2.05, 4.69) is 64.1 Å². The van der Waals surface area contributed by atoms with Crippen LogP contribution in [0.25, 0.3) is 0 Å². The summed E-state index contributed by atoms with van der Waals surface area (Å²) < 4.78 is 0. The first-order valence-corrected chi connectivity index (χ1v) is 10.7. The molecule has 1 amide bonds. The molecule has 150 valence electrons. The number of hydrogen-bond donors (Lipinski definition) is 2. The molecule has 2 heterocycles. The van der Waals surface area contributed by atoms with Gasteiger partial charge in [-0.25, -0.2) is 4.98 Å². The predicted octanol–water partition coefficient (Wildman–Crippen LogP) is 3.25. The quantitative estimate of drug-likeness (QED) is 0.554. The average molecular weight is 400 g/mol. The fraction of sp³-hybridized carbons (Fsp3) is 0.476. The topological polar surface area (TPSA) is 69.6 Å². The minimum absolute atomic E-state index is 0.265. The molecule has 6 nitrogen and oxygen atoms in total. The lowest BCUT2D eigenvalue weighted by molar-refractivity contribution is -0.128. The van der Waals surface area contributed by atoms with E-state index in [1.54, 1.807) is 18.4 Å². The molecule has 7 heteroatoms. The van der Waals surface area contributed by atoms with Crippen molar-refractivity contribution < 1.29 is 4.79 Å². The van der Waals surface area contributed by atoms with Gasteiger partial charge in [0, 0.05) is 38.5 Å². The second-order valence-electron chi connectivity index (χ2n) is 7.34. The van der Waals surface area contributed by atoms with Crippen molar-refractivity contribution in [3.8, 4) is 0 Å². The van der Waals surface area contributed by atoms with E-state index in [4.69, 9.17) is 0 Å². The molecule has 0 radical (unpaired) electrons. The molecule has 1 fully saturated rings. The summed E-state index contributed by atoms with van der Waals surface area (Å²) in [4.78, 5) is 22.6. The van der Waals surface area contributed by atoms with Crippen LogP contribution in [0, 0.1) is 0 Å². The Bertz CT molecular complexity index is 812. The summed E-state index contributed by atoms with van der Waals surface area (Å²) in [5.41, 5.74) is 3.49. The van der Waals surface area contributed by atoms with Gasteiger partial charge in [0.15, 0.2) is 5.96 Å². The van der Waals surface area contributed by atoms with Crippen molar-refractivity contribution in [3.05, 3.63) is 51.5 Å². The number of thiazole rings is 1. The standard InChI is InChI=1S/C21H29N5OS/c1-15(2)18-14-28-19(25-18)12-24-21(22-3)23-11-16-6-8-17(9-7-16)13-26-10-4-5-20(26)27/h6-9,14-15H,4-5,10-13H2,1-3H3,(H2,22,23,24). The normalized spacial score (nSPS) is 14.8. The lowest BCUT2D eigenvalue weighted by Gasteiger charge is -2.16. The smallest absolute Gasteiger partial charge is 0.222 e.